The molecule has 0 unspecified atom stereocenters. The van der Waals surface area contributed by atoms with Crippen LogP contribution in [0.25, 0.3) is 0 Å². The van der Waals surface area contributed by atoms with Gasteiger partial charge in [-0.2, -0.15) is 0 Å². The average Bonchev–Trinajstić information content (AvgIpc) is 3.52. The van der Waals surface area contributed by atoms with E-state index >= 15 is 0 Å². The molecule has 0 atom stereocenters. The van der Waals surface area contributed by atoms with Gasteiger partial charge in [-0.05, 0) is 127 Å². The standard InChI is InChI=1S/C77H150N2O9/c1-7-13-31-47-71(48-32-14-8-2)57-68-86-75(82)53-37-25-19-22-28-41-60-78(61-42-29-23-20-26-38-54-76(83)87-69-58-72(49-33-15-9-3)50-34-16-10-4)63-44-40-56-74(81)85-67-46-65-79(64-45-66-80)62-43-30-24-21-27-39-55-77(84)88-70-59-73(51-35-17-11-5)52-36-18-12-6/h71-73,80H,7-70H2,1-6H3. The van der Waals surface area contributed by atoms with Crippen LogP contribution in [-0.4, -0.2) is 111 Å². The molecule has 522 valence electrons. The lowest BCUT2D eigenvalue weighted by molar-refractivity contribution is -0.145. The van der Waals surface area contributed by atoms with Gasteiger partial charge in [0.15, 0.2) is 0 Å². The Kier molecular flexibility index (Phi) is 67.4. The fourth-order valence-corrected chi connectivity index (χ4v) is 12.7. The second-order valence-corrected chi connectivity index (χ2v) is 27.0. The number of nitrogens with zero attached hydrogens (tertiary/aromatic N) is 2. The molecule has 0 aliphatic carbocycles. The Labute approximate surface area is 546 Å². The lowest BCUT2D eigenvalue weighted by atomic mass is 9.92. The molecule has 0 aromatic rings. The summed E-state index contributed by atoms with van der Waals surface area (Å²) in [6.07, 6.45) is 59.1. The van der Waals surface area contributed by atoms with Gasteiger partial charge in [-0.15, -0.1) is 0 Å². The summed E-state index contributed by atoms with van der Waals surface area (Å²) in [4.78, 5) is 55.5. The molecule has 0 spiro atoms. The third-order valence-corrected chi connectivity index (χ3v) is 18.6. The van der Waals surface area contributed by atoms with Crippen LogP contribution in [0.15, 0.2) is 0 Å². The van der Waals surface area contributed by atoms with E-state index in [1.54, 1.807) is 0 Å². The summed E-state index contributed by atoms with van der Waals surface area (Å²) in [6, 6.07) is 0. The molecule has 0 rings (SSSR count). The quantitative estimate of drug-likeness (QED) is 0.0355. The van der Waals surface area contributed by atoms with E-state index in [1.165, 1.54) is 193 Å². The van der Waals surface area contributed by atoms with Gasteiger partial charge in [-0.1, -0.05) is 273 Å². The third-order valence-electron chi connectivity index (χ3n) is 18.6. The highest BCUT2D eigenvalue weighted by Crippen LogP contribution is 2.25. The number of carbonyl (C=O) groups is 4. The van der Waals surface area contributed by atoms with Gasteiger partial charge in [0.2, 0.25) is 0 Å². The van der Waals surface area contributed by atoms with Crippen molar-refractivity contribution in [2.24, 2.45) is 17.8 Å². The number of ether oxygens (including phenoxy) is 4. The van der Waals surface area contributed by atoms with Crippen LogP contribution in [-0.2, 0) is 38.1 Å². The zero-order chi connectivity index (χ0) is 64.3. The maximum atomic E-state index is 12.9. The van der Waals surface area contributed by atoms with Gasteiger partial charge in [-0.3, -0.25) is 19.2 Å². The van der Waals surface area contributed by atoms with Gasteiger partial charge in [0.25, 0.3) is 0 Å². The van der Waals surface area contributed by atoms with E-state index in [0.29, 0.717) is 69.9 Å². The smallest absolute Gasteiger partial charge is 0.305 e. The number of unbranched alkanes of at least 4 members (excludes halogenated alkanes) is 28. The van der Waals surface area contributed by atoms with E-state index < -0.39 is 0 Å². The molecule has 0 radical (unpaired) electrons. The van der Waals surface area contributed by atoms with E-state index in [0.717, 1.165) is 161 Å². The van der Waals surface area contributed by atoms with Crippen molar-refractivity contribution >= 4 is 23.9 Å². The second-order valence-electron chi connectivity index (χ2n) is 27.0. The Bertz CT molecular complexity index is 1390. The number of rotatable bonds is 72. The molecule has 0 fully saturated rings. The van der Waals surface area contributed by atoms with Crippen LogP contribution in [0.1, 0.15) is 382 Å². The fourth-order valence-electron chi connectivity index (χ4n) is 12.7. The highest BCUT2D eigenvalue weighted by Gasteiger charge is 2.15. The van der Waals surface area contributed by atoms with Gasteiger partial charge in [0.05, 0.1) is 26.4 Å². The lowest BCUT2D eigenvalue weighted by Crippen LogP contribution is -2.29. The van der Waals surface area contributed by atoms with Gasteiger partial charge in [0, 0.05) is 45.4 Å². The molecule has 0 aromatic heterocycles. The zero-order valence-electron chi connectivity index (χ0n) is 59.6. The molecule has 0 aromatic carbocycles. The van der Waals surface area contributed by atoms with Crippen LogP contribution >= 0.6 is 0 Å². The second kappa shape index (κ2) is 69.1. The van der Waals surface area contributed by atoms with Gasteiger partial charge in [0.1, 0.15) is 0 Å². The van der Waals surface area contributed by atoms with Crippen LogP contribution in [0.4, 0.5) is 0 Å². The van der Waals surface area contributed by atoms with E-state index in [1.807, 2.05) is 0 Å². The van der Waals surface area contributed by atoms with E-state index in [4.69, 9.17) is 18.9 Å². The van der Waals surface area contributed by atoms with Crippen LogP contribution in [0.5, 0.6) is 0 Å². The minimum absolute atomic E-state index is 0.0197. The molecule has 11 heteroatoms. The normalized spacial score (nSPS) is 11.8. The Morgan fingerprint density at radius 2 is 0.466 bits per heavy atom. The van der Waals surface area contributed by atoms with Crippen molar-refractivity contribution in [1.82, 2.24) is 9.80 Å². The average molecular weight is 1250 g/mol. The molecule has 1 N–H and O–H groups in total. The molecule has 0 amide bonds. The fraction of sp³-hybridized carbons (Fsp3) is 0.948. The summed E-state index contributed by atoms with van der Waals surface area (Å²) in [7, 11) is 0. The first kappa shape index (κ1) is 85.8. The van der Waals surface area contributed by atoms with Crippen molar-refractivity contribution in [2.45, 2.75) is 382 Å². The number of esters is 4. The topological polar surface area (TPSA) is 132 Å². The summed E-state index contributed by atoms with van der Waals surface area (Å²) < 4.78 is 22.8. The van der Waals surface area contributed by atoms with Crippen molar-refractivity contribution in [3.8, 4) is 0 Å². The molecule has 11 nitrogen and oxygen atoms in total. The van der Waals surface area contributed by atoms with E-state index in [9.17, 15) is 24.3 Å². The Morgan fingerprint density at radius 3 is 0.739 bits per heavy atom. The first-order valence-electron chi connectivity index (χ1n) is 38.8. The lowest BCUT2D eigenvalue weighted by Gasteiger charge is -2.22. The monoisotopic (exact) mass is 1250 g/mol. The van der Waals surface area contributed by atoms with Gasteiger partial charge >= 0.3 is 23.9 Å². The Balaban J connectivity index is 4.74. The number of aliphatic hydroxyl groups excluding tert-OH is 1. The van der Waals surface area contributed by atoms with E-state index in [-0.39, 0.29) is 30.5 Å². The molecule has 0 bridgehead atoms. The number of hydrogen-bond donors (Lipinski definition) is 1. The maximum Gasteiger partial charge on any atom is 0.305 e. The largest absolute Gasteiger partial charge is 0.466 e. The summed E-state index contributed by atoms with van der Waals surface area (Å²) in [5, 5.41) is 9.56. The predicted octanol–water partition coefficient (Wildman–Crippen LogP) is 21.4. The van der Waals surface area contributed by atoms with Crippen molar-refractivity contribution < 1.29 is 43.2 Å². The first-order chi connectivity index (χ1) is 43.1. The SMILES string of the molecule is CCCCCC(CCCCC)CCOC(=O)CCCCCCCCN(CCCCCCCCC(=O)OCCC(CCCCC)CCCCC)CCCCC(=O)OCCCN(CCCO)CCCCCCCCC(=O)OCCC(CCCCC)CCCCC. The first-order valence-corrected chi connectivity index (χ1v) is 38.8. The third kappa shape index (κ3) is 61.3. The van der Waals surface area contributed by atoms with Crippen LogP contribution < -0.4 is 0 Å². The number of hydrogen-bond acceptors (Lipinski definition) is 11. The van der Waals surface area contributed by atoms with Crippen molar-refractivity contribution in [3.05, 3.63) is 0 Å². The van der Waals surface area contributed by atoms with Crippen LogP contribution in [0.2, 0.25) is 0 Å². The number of aliphatic hydroxyl groups is 1. The highest BCUT2D eigenvalue weighted by molar-refractivity contribution is 5.70. The minimum atomic E-state index is -0.0963. The van der Waals surface area contributed by atoms with Crippen molar-refractivity contribution in [3.63, 3.8) is 0 Å². The minimum Gasteiger partial charge on any atom is -0.466 e. The highest BCUT2D eigenvalue weighted by atomic mass is 16.5. The maximum absolute atomic E-state index is 12.9. The molecule has 0 aliphatic rings. The molecule has 0 heterocycles. The number of carbonyl (C=O) groups excluding carboxylic acids is 4. The van der Waals surface area contributed by atoms with Crippen molar-refractivity contribution in [2.75, 3.05) is 72.3 Å². The molecule has 0 saturated carbocycles. The van der Waals surface area contributed by atoms with Crippen LogP contribution in [0.3, 0.4) is 0 Å². The molecule has 88 heavy (non-hydrogen) atoms. The molecule has 0 aliphatic heterocycles. The van der Waals surface area contributed by atoms with Crippen molar-refractivity contribution in [1.29, 1.82) is 0 Å². The zero-order valence-corrected chi connectivity index (χ0v) is 59.6. The summed E-state index contributed by atoms with van der Waals surface area (Å²) in [6.45, 7) is 21.8. The molecule has 0 saturated heterocycles. The Hall–Kier alpha value is -2.24. The summed E-state index contributed by atoms with van der Waals surface area (Å²) >= 11 is 0. The predicted molar refractivity (Wildman–Crippen MR) is 373 cm³/mol. The van der Waals surface area contributed by atoms with E-state index in [2.05, 4.69) is 51.3 Å². The Morgan fingerprint density at radius 1 is 0.250 bits per heavy atom. The van der Waals surface area contributed by atoms with Gasteiger partial charge in [-0.25, -0.2) is 0 Å². The van der Waals surface area contributed by atoms with Crippen LogP contribution in [0, 0.1) is 17.8 Å². The van der Waals surface area contributed by atoms with Gasteiger partial charge < -0.3 is 33.9 Å². The molecular weight excluding hydrogens is 1100 g/mol. The summed E-state index contributed by atoms with van der Waals surface area (Å²) in [5.41, 5.74) is 0. The summed E-state index contributed by atoms with van der Waals surface area (Å²) in [5.74, 6) is 1.90. The molecular formula is C77H150N2O9.